The molecule has 0 atom stereocenters. The average molecular weight is 443 g/mol. The van der Waals surface area contributed by atoms with E-state index in [1.807, 2.05) is 0 Å². The Morgan fingerprint density at radius 2 is 0.645 bits per heavy atom. The molecule has 0 spiro atoms. The van der Waals surface area contributed by atoms with E-state index < -0.39 is 0 Å². The van der Waals surface area contributed by atoms with Gasteiger partial charge in [0.2, 0.25) is 0 Å². The van der Waals surface area contributed by atoms with E-state index in [4.69, 9.17) is 0 Å². The summed E-state index contributed by atoms with van der Waals surface area (Å²) in [6, 6.07) is 0. The zero-order valence-corrected chi connectivity index (χ0v) is 23.5. The molecule has 0 aromatic carbocycles. The Balaban J connectivity index is 3.61. The van der Waals surface area contributed by atoms with Crippen LogP contribution in [0.15, 0.2) is 0 Å². The Morgan fingerprint density at radius 3 is 1.00 bits per heavy atom. The quantitative estimate of drug-likeness (QED) is 0.129. The van der Waals surface area contributed by atoms with Crippen LogP contribution in [0.5, 0.6) is 0 Å². The van der Waals surface area contributed by atoms with E-state index in [9.17, 15) is 0 Å². The molecule has 0 aliphatic rings. The molecule has 3 heteroatoms. The Morgan fingerprint density at radius 1 is 0.323 bits per heavy atom. The summed E-state index contributed by atoms with van der Waals surface area (Å²) >= 11 is 0. The molecule has 0 amide bonds. The third kappa shape index (κ3) is 22.9. The Hall–Kier alpha value is -0.120. The first-order valence-corrected chi connectivity index (χ1v) is 13.9. The van der Waals surface area contributed by atoms with Gasteiger partial charge < -0.3 is 13.4 Å². The number of hydrogen-bond donors (Lipinski definition) is 0. The van der Waals surface area contributed by atoms with Crippen LogP contribution in [0.4, 0.5) is 0 Å². The summed E-state index contributed by atoms with van der Waals surface area (Å²) in [4.78, 5) is 0. The highest BCUT2D eigenvalue weighted by molar-refractivity contribution is 4.50. The molecule has 31 heavy (non-hydrogen) atoms. The van der Waals surface area contributed by atoms with Gasteiger partial charge in [0.1, 0.15) is 13.1 Å². The highest BCUT2D eigenvalue weighted by Crippen LogP contribution is 2.14. The van der Waals surface area contributed by atoms with E-state index in [1.54, 1.807) is 0 Å². The highest BCUT2D eigenvalue weighted by atomic mass is 15.4. The number of rotatable bonds is 22. The maximum atomic E-state index is 2.44. The molecule has 0 rings (SSSR count). The SMILES string of the molecule is CCCCCCCCCCCCCCCC[N+](C)(C)CC[N+](C)(C)CCC[N+](C)(C)C. The van der Waals surface area contributed by atoms with Gasteiger partial charge in [-0.2, -0.15) is 0 Å². The molecule has 0 aliphatic heterocycles. The van der Waals surface area contributed by atoms with Crippen LogP contribution in [0, 0.1) is 0 Å². The number of nitrogens with zero attached hydrogens (tertiary/aromatic N) is 3. The Labute approximate surface area is 199 Å². The summed E-state index contributed by atoms with van der Waals surface area (Å²) in [5.74, 6) is 0. The molecule has 3 nitrogen and oxygen atoms in total. The summed E-state index contributed by atoms with van der Waals surface area (Å²) in [5.41, 5.74) is 0. The second-order valence-electron chi connectivity index (χ2n) is 12.7. The van der Waals surface area contributed by atoms with Crippen molar-refractivity contribution >= 4 is 0 Å². The minimum atomic E-state index is 1.08. The third-order valence-electron chi connectivity index (χ3n) is 7.02. The van der Waals surface area contributed by atoms with Gasteiger partial charge in [-0.3, -0.25) is 0 Å². The van der Waals surface area contributed by atoms with E-state index in [1.165, 1.54) is 138 Å². The van der Waals surface area contributed by atoms with Gasteiger partial charge in [0.05, 0.1) is 69.0 Å². The number of quaternary nitrogens is 3. The maximum Gasteiger partial charge on any atom is 0.128 e. The first-order valence-electron chi connectivity index (χ1n) is 13.9. The van der Waals surface area contributed by atoms with Crippen molar-refractivity contribution in [3.63, 3.8) is 0 Å². The van der Waals surface area contributed by atoms with E-state index in [2.05, 4.69) is 56.3 Å². The molecular weight excluding hydrogens is 378 g/mol. The second kappa shape index (κ2) is 17.4. The lowest BCUT2D eigenvalue weighted by Crippen LogP contribution is -2.52. The first kappa shape index (κ1) is 30.9. The van der Waals surface area contributed by atoms with Crippen LogP contribution in [-0.2, 0) is 0 Å². The molecule has 0 unspecified atom stereocenters. The molecule has 0 saturated heterocycles. The van der Waals surface area contributed by atoms with Crippen molar-refractivity contribution in [1.29, 1.82) is 0 Å². The van der Waals surface area contributed by atoms with Crippen molar-refractivity contribution in [2.24, 2.45) is 0 Å². The lowest BCUT2D eigenvalue weighted by Gasteiger charge is -2.36. The summed E-state index contributed by atoms with van der Waals surface area (Å²) in [6.07, 6.45) is 21.6. The molecule has 0 aliphatic carbocycles. The fourth-order valence-corrected chi connectivity index (χ4v) is 4.47. The highest BCUT2D eigenvalue weighted by Gasteiger charge is 2.23. The normalized spacial score (nSPS) is 13.2. The van der Waals surface area contributed by atoms with E-state index in [-0.39, 0.29) is 0 Å². The lowest BCUT2D eigenvalue weighted by atomic mass is 10.0. The van der Waals surface area contributed by atoms with Gasteiger partial charge in [-0.25, -0.2) is 0 Å². The maximum absolute atomic E-state index is 2.44. The zero-order chi connectivity index (χ0) is 23.6. The van der Waals surface area contributed by atoms with Crippen molar-refractivity contribution in [3.8, 4) is 0 Å². The van der Waals surface area contributed by atoms with Gasteiger partial charge in [-0.1, -0.05) is 84.0 Å². The zero-order valence-electron chi connectivity index (χ0n) is 23.5. The van der Waals surface area contributed by atoms with Crippen molar-refractivity contribution in [2.45, 2.75) is 103 Å². The van der Waals surface area contributed by atoms with Crippen molar-refractivity contribution in [1.82, 2.24) is 0 Å². The molecular formula is C28H64N3+3. The largest absolute Gasteiger partial charge is 0.331 e. The fourth-order valence-electron chi connectivity index (χ4n) is 4.47. The first-order chi connectivity index (χ1) is 14.5. The van der Waals surface area contributed by atoms with E-state index in [0.717, 1.165) is 4.48 Å². The van der Waals surface area contributed by atoms with Crippen molar-refractivity contribution in [2.75, 3.05) is 82.1 Å². The summed E-state index contributed by atoms with van der Waals surface area (Å²) < 4.78 is 3.44. The summed E-state index contributed by atoms with van der Waals surface area (Å²) in [6.45, 7) is 8.82. The predicted molar refractivity (Wildman–Crippen MR) is 142 cm³/mol. The monoisotopic (exact) mass is 443 g/mol. The van der Waals surface area contributed by atoms with Gasteiger partial charge in [0.25, 0.3) is 0 Å². The molecule has 0 saturated carbocycles. The Bertz CT molecular complexity index is 396. The van der Waals surface area contributed by atoms with Crippen LogP contribution < -0.4 is 0 Å². The molecule has 0 N–H and O–H groups in total. The van der Waals surface area contributed by atoms with Crippen LogP contribution in [0.3, 0.4) is 0 Å². The van der Waals surface area contributed by atoms with Crippen LogP contribution in [0.2, 0.25) is 0 Å². The topological polar surface area (TPSA) is 0 Å². The minimum Gasteiger partial charge on any atom is -0.331 e. The van der Waals surface area contributed by atoms with Crippen LogP contribution in [-0.4, -0.2) is 95.5 Å². The van der Waals surface area contributed by atoms with Gasteiger partial charge in [-0.15, -0.1) is 0 Å². The minimum absolute atomic E-state index is 1.08. The van der Waals surface area contributed by atoms with E-state index >= 15 is 0 Å². The van der Waals surface area contributed by atoms with Gasteiger partial charge in [0.15, 0.2) is 0 Å². The molecule has 0 aromatic heterocycles. The molecule has 0 aromatic rings. The lowest BCUT2D eigenvalue weighted by molar-refractivity contribution is -0.948. The van der Waals surface area contributed by atoms with Crippen molar-refractivity contribution < 1.29 is 13.4 Å². The molecule has 0 radical (unpaired) electrons. The molecule has 188 valence electrons. The molecule has 0 fully saturated rings. The van der Waals surface area contributed by atoms with Gasteiger partial charge >= 0.3 is 0 Å². The standard InChI is InChI=1S/C28H64N3/c1-9-10-11-12-13-14-15-16-17-18-19-20-21-22-25-30(5,6)27-28-31(7,8)26-23-24-29(2,3)4/h9-28H2,1-8H3/q+3. The molecule has 0 bridgehead atoms. The van der Waals surface area contributed by atoms with Crippen LogP contribution in [0.25, 0.3) is 0 Å². The third-order valence-corrected chi connectivity index (χ3v) is 7.02. The number of unbranched alkanes of at least 4 members (excludes halogenated alkanes) is 13. The van der Waals surface area contributed by atoms with Crippen LogP contribution >= 0.6 is 0 Å². The number of hydrogen-bond acceptors (Lipinski definition) is 0. The van der Waals surface area contributed by atoms with Gasteiger partial charge in [-0.05, 0) is 12.8 Å². The van der Waals surface area contributed by atoms with Gasteiger partial charge in [0, 0.05) is 6.42 Å². The smallest absolute Gasteiger partial charge is 0.128 e. The average Bonchev–Trinajstić information content (AvgIpc) is 2.66. The van der Waals surface area contributed by atoms with E-state index in [0.29, 0.717) is 0 Å². The fraction of sp³-hybridized carbons (Fsp3) is 1.00. The van der Waals surface area contributed by atoms with Crippen LogP contribution in [0.1, 0.15) is 103 Å². The number of likely N-dealkylation sites (N-methyl/N-ethyl adjacent to an activating group) is 2. The summed E-state index contributed by atoms with van der Waals surface area (Å²) in [5, 5.41) is 0. The Kier molecular flexibility index (Phi) is 17.3. The molecule has 0 heterocycles. The predicted octanol–water partition coefficient (Wildman–Crippen LogP) is 6.72. The summed E-state index contributed by atoms with van der Waals surface area (Å²) in [7, 11) is 16.6. The van der Waals surface area contributed by atoms with Crippen molar-refractivity contribution in [3.05, 3.63) is 0 Å². The second-order valence-corrected chi connectivity index (χ2v) is 12.7.